The fourth-order valence-corrected chi connectivity index (χ4v) is 6.03. The van der Waals surface area contributed by atoms with E-state index >= 15 is 0 Å². The van der Waals surface area contributed by atoms with Gasteiger partial charge in [-0.15, -0.1) is 0 Å². The third-order valence-electron chi connectivity index (χ3n) is 6.19. The minimum atomic E-state index is -4.02. The number of anilines is 2. The summed E-state index contributed by atoms with van der Waals surface area (Å²) < 4.78 is 39.0. The molecule has 2 atom stereocenters. The van der Waals surface area contributed by atoms with E-state index in [1.165, 1.54) is 41.1 Å². The van der Waals surface area contributed by atoms with Gasteiger partial charge >= 0.3 is 6.09 Å². The fraction of sp³-hybridized carbons (Fsp3) is 0.296. The Hall–Kier alpha value is -3.80. The van der Waals surface area contributed by atoms with Gasteiger partial charge in [-0.05, 0) is 48.2 Å². The number of amides is 1. The lowest BCUT2D eigenvalue weighted by Gasteiger charge is -2.35. The van der Waals surface area contributed by atoms with Gasteiger partial charge in [0.1, 0.15) is 6.26 Å². The SMILES string of the molecule is CC(C)CN(C[C@@H](O)[C@H](Cc1ccccc1)N(C(=O)O)c1coc2occc12)S(=O)(=O)c1ccc(N)cc1. The van der Waals surface area contributed by atoms with Gasteiger partial charge in [-0.1, -0.05) is 44.2 Å². The lowest BCUT2D eigenvalue weighted by molar-refractivity contribution is 0.109. The number of aliphatic hydroxyl groups excluding tert-OH is 1. The van der Waals surface area contributed by atoms with Crippen molar-refractivity contribution < 1.29 is 32.3 Å². The quantitative estimate of drug-likeness (QED) is 0.236. The van der Waals surface area contributed by atoms with Gasteiger partial charge < -0.3 is 24.8 Å². The maximum absolute atomic E-state index is 13.6. The Morgan fingerprint density at radius 1 is 1.00 bits per heavy atom. The fourth-order valence-electron chi connectivity index (χ4n) is 4.41. The van der Waals surface area contributed by atoms with E-state index in [0.717, 1.165) is 10.5 Å². The van der Waals surface area contributed by atoms with Gasteiger partial charge in [0.15, 0.2) is 0 Å². The number of aliphatic hydroxyl groups is 1. The van der Waals surface area contributed by atoms with Gasteiger partial charge in [0.25, 0.3) is 5.78 Å². The van der Waals surface area contributed by atoms with E-state index in [9.17, 15) is 23.4 Å². The number of rotatable bonds is 11. The molecule has 0 unspecified atom stereocenters. The first-order chi connectivity index (χ1) is 18.1. The highest BCUT2D eigenvalue weighted by molar-refractivity contribution is 7.89. The monoisotopic (exact) mass is 541 g/mol. The molecule has 0 saturated carbocycles. The van der Waals surface area contributed by atoms with Crippen LogP contribution in [-0.4, -0.2) is 54.3 Å². The molecular weight excluding hydrogens is 510 g/mol. The lowest BCUT2D eigenvalue weighted by atomic mass is 9.99. The molecule has 0 radical (unpaired) electrons. The summed E-state index contributed by atoms with van der Waals surface area (Å²) in [5.74, 6) is 0.0832. The highest BCUT2D eigenvalue weighted by Gasteiger charge is 2.37. The number of nitrogens with two attached hydrogens (primary N) is 1. The molecule has 2 heterocycles. The molecule has 2 aromatic carbocycles. The first kappa shape index (κ1) is 27.2. The van der Waals surface area contributed by atoms with Crippen molar-refractivity contribution in [2.45, 2.75) is 37.3 Å². The van der Waals surface area contributed by atoms with Crippen molar-refractivity contribution >= 4 is 38.7 Å². The molecule has 4 aromatic rings. The second kappa shape index (κ2) is 11.3. The lowest BCUT2D eigenvalue weighted by Crippen LogP contribution is -2.53. The molecule has 1 amide bonds. The number of carbonyl (C=O) groups is 1. The van der Waals surface area contributed by atoms with Crippen LogP contribution in [0.3, 0.4) is 0 Å². The summed E-state index contributed by atoms with van der Waals surface area (Å²) in [6.07, 6.45) is 0.0283. The number of carboxylic acid groups (broad SMARTS) is 1. The Morgan fingerprint density at radius 3 is 2.32 bits per heavy atom. The van der Waals surface area contributed by atoms with Crippen LogP contribution in [0.15, 0.2) is 86.9 Å². The number of furan rings is 2. The summed E-state index contributed by atoms with van der Waals surface area (Å²) in [6, 6.07) is 15.4. The van der Waals surface area contributed by atoms with E-state index in [1.54, 1.807) is 6.07 Å². The standard InChI is InChI=1S/C27H31N3O7S/c1-18(2)15-29(38(34,35)21-10-8-20(28)9-11-21)16-25(31)23(14-19-6-4-3-5-7-19)30(27(32)33)24-17-37-26-22(24)12-13-36-26/h3-13,17-18,23,25,31H,14-16,28H2,1-2H3,(H,32,33)/t23-,25+/m0/s1. The van der Waals surface area contributed by atoms with Crippen molar-refractivity contribution in [2.75, 3.05) is 23.7 Å². The van der Waals surface area contributed by atoms with Crippen LogP contribution in [0.5, 0.6) is 0 Å². The van der Waals surface area contributed by atoms with Crippen LogP contribution in [-0.2, 0) is 16.4 Å². The molecule has 4 rings (SSSR count). The van der Waals surface area contributed by atoms with Crippen molar-refractivity contribution in [3.8, 4) is 0 Å². The zero-order valence-electron chi connectivity index (χ0n) is 21.1. The molecule has 0 aliphatic heterocycles. The Bertz CT molecular complexity index is 1460. The Kier molecular flexibility index (Phi) is 8.10. The summed E-state index contributed by atoms with van der Waals surface area (Å²) in [5.41, 5.74) is 7.12. The van der Waals surface area contributed by atoms with Gasteiger partial charge in [0.05, 0.1) is 34.4 Å². The Labute approximate surface area is 220 Å². The highest BCUT2D eigenvalue weighted by atomic mass is 32.2. The Morgan fingerprint density at radius 2 is 1.68 bits per heavy atom. The summed E-state index contributed by atoms with van der Waals surface area (Å²) in [7, 11) is -4.02. The largest absolute Gasteiger partial charge is 0.465 e. The van der Waals surface area contributed by atoms with E-state index in [2.05, 4.69) is 0 Å². The maximum atomic E-state index is 13.6. The van der Waals surface area contributed by atoms with E-state index in [0.29, 0.717) is 11.1 Å². The molecule has 0 bridgehead atoms. The van der Waals surface area contributed by atoms with E-state index in [-0.39, 0.29) is 41.8 Å². The highest BCUT2D eigenvalue weighted by Crippen LogP contribution is 2.33. The minimum absolute atomic E-state index is 0.0317. The van der Waals surface area contributed by atoms with Crippen molar-refractivity contribution in [1.29, 1.82) is 0 Å². The molecule has 4 N–H and O–H groups in total. The van der Waals surface area contributed by atoms with Crippen molar-refractivity contribution in [3.63, 3.8) is 0 Å². The molecule has 0 spiro atoms. The predicted octanol–water partition coefficient (Wildman–Crippen LogP) is 4.41. The number of nitrogens with zero attached hydrogens (tertiary/aromatic N) is 2. The zero-order valence-corrected chi connectivity index (χ0v) is 21.9. The first-order valence-electron chi connectivity index (χ1n) is 12.1. The summed E-state index contributed by atoms with van der Waals surface area (Å²) in [6.45, 7) is 3.51. The van der Waals surface area contributed by atoms with E-state index in [4.69, 9.17) is 14.6 Å². The molecule has 0 fully saturated rings. The molecule has 2 aromatic heterocycles. The summed E-state index contributed by atoms with van der Waals surface area (Å²) >= 11 is 0. The Balaban J connectivity index is 1.73. The van der Waals surface area contributed by atoms with Crippen LogP contribution in [0, 0.1) is 5.92 Å². The predicted molar refractivity (Wildman–Crippen MR) is 143 cm³/mol. The van der Waals surface area contributed by atoms with Crippen molar-refractivity contribution in [2.24, 2.45) is 5.92 Å². The van der Waals surface area contributed by atoms with Gasteiger partial charge in [0.2, 0.25) is 10.0 Å². The van der Waals surface area contributed by atoms with Crippen LogP contribution in [0.1, 0.15) is 19.4 Å². The van der Waals surface area contributed by atoms with Crippen LogP contribution < -0.4 is 10.6 Å². The molecule has 0 aliphatic rings. The second-order valence-corrected chi connectivity index (χ2v) is 11.4. The minimum Gasteiger partial charge on any atom is -0.465 e. The number of benzene rings is 2. The van der Waals surface area contributed by atoms with Crippen molar-refractivity contribution in [3.05, 3.63) is 78.8 Å². The van der Waals surface area contributed by atoms with Crippen LogP contribution in [0.4, 0.5) is 16.2 Å². The number of nitrogen functional groups attached to an aromatic ring is 1. The molecule has 38 heavy (non-hydrogen) atoms. The van der Waals surface area contributed by atoms with Gasteiger partial charge in [0, 0.05) is 18.8 Å². The second-order valence-electron chi connectivity index (χ2n) is 9.50. The number of fused-ring (bicyclic) bond motifs is 1. The molecule has 11 heteroatoms. The van der Waals surface area contributed by atoms with Gasteiger partial charge in [-0.25, -0.2) is 13.2 Å². The smallest absolute Gasteiger partial charge is 0.412 e. The van der Waals surface area contributed by atoms with E-state index < -0.39 is 28.3 Å². The number of hydrogen-bond acceptors (Lipinski definition) is 7. The van der Waals surface area contributed by atoms with E-state index in [1.807, 2.05) is 44.2 Å². The van der Waals surface area contributed by atoms with Crippen LogP contribution in [0.25, 0.3) is 11.2 Å². The van der Waals surface area contributed by atoms with Gasteiger partial charge in [-0.2, -0.15) is 4.31 Å². The van der Waals surface area contributed by atoms with Gasteiger partial charge in [-0.3, -0.25) is 4.90 Å². The molecule has 10 nitrogen and oxygen atoms in total. The number of sulfonamides is 1. The van der Waals surface area contributed by atoms with Crippen LogP contribution >= 0.6 is 0 Å². The molecule has 0 aliphatic carbocycles. The molecular formula is C27H31N3O7S. The third kappa shape index (κ3) is 5.85. The molecule has 0 saturated heterocycles. The van der Waals surface area contributed by atoms with Crippen LogP contribution in [0.2, 0.25) is 0 Å². The molecule has 202 valence electrons. The van der Waals surface area contributed by atoms with Crippen molar-refractivity contribution in [1.82, 2.24) is 4.31 Å². The third-order valence-corrected chi connectivity index (χ3v) is 8.04. The summed E-state index contributed by atoms with van der Waals surface area (Å²) in [4.78, 5) is 13.7. The normalized spacial score (nSPS) is 13.7. The maximum Gasteiger partial charge on any atom is 0.412 e. The first-order valence-corrected chi connectivity index (χ1v) is 13.6. The average molecular weight is 542 g/mol. The topological polar surface area (TPSA) is 150 Å². The number of hydrogen-bond donors (Lipinski definition) is 3. The average Bonchev–Trinajstić information content (AvgIpc) is 3.49. The zero-order chi connectivity index (χ0) is 27.4. The summed E-state index contributed by atoms with van der Waals surface area (Å²) in [5, 5.41) is 22.3.